The molecule has 0 radical (unpaired) electrons. The van der Waals surface area contributed by atoms with E-state index in [0.29, 0.717) is 17.9 Å². The number of hydrogen-bond donors (Lipinski definition) is 3. The summed E-state index contributed by atoms with van der Waals surface area (Å²) in [5.74, 6) is -2.70. The second kappa shape index (κ2) is 15.8. The van der Waals surface area contributed by atoms with Crippen LogP contribution in [0.2, 0.25) is 0 Å². The fraction of sp³-hybridized carbons (Fsp3) is 0.485. The van der Waals surface area contributed by atoms with Gasteiger partial charge in [0.15, 0.2) is 0 Å². The SMILES string of the molecule is CC(C)(C)OC(=O)C[C@H](NC(=O)[C@@H]1CCCN2C(=O)CC[C@H](NS(C)(=O)=O)C(=O)N12)C(O)COC(=O)c1cccc(Oc2ccccc2)c1. The average Bonchev–Trinajstić information content (AvgIpc) is 3.14. The number of rotatable bonds is 12. The number of nitrogens with zero attached hydrogens (tertiary/aromatic N) is 2. The quantitative estimate of drug-likeness (QED) is 0.272. The van der Waals surface area contributed by atoms with Crippen LogP contribution in [0.1, 0.15) is 63.2 Å². The van der Waals surface area contributed by atoms with Gasteiger partial charge in [0.25, 0.3) is 5.91 Å². The highest BCUT2D eigenvalue weighted by atomic mass is 32.2. The van der Waals surface area contributed by atoms with Gasteiger partial charge in [-0.25, -0.2) is 22.9 Å². The Morgan fingerprint density at radius 1 is 1.02 bits per heavy atom. The largest absolute Gasteiger partial charge is 0.460 e. The zero-order valence-electron chi connectivity index (χ0n) is 27.8. The average molecular weight is 703 g/mol. The van der Waals surface area contributed by atoms with Crippen LogP contribution in [0, 0.1) is 0 Å². The maximum absolute atomic E-state index is 13.8. The van der Waals surface area contributed by atoms with Crippen molar-refractivity contribution in [1.82, 2.24) is 20.1 Å². The molecule has 15 nitrogen and oxygen atoms in total. The van der Waals surface area contributed by atoms with E-state index >= 15 is 0 Å². The molecule has 3 amide bonds. The minimum absolute atomic E-state index is 0.0985. The van der Waals surface area contributed by atoms with Crippen molar-refractivity contribution in [3.8, 4) is 11.5 Å². The summed E-state index contributed by atoms with van der Waals surface area (Å²) in [4.78, 5) is 66.0. The molecule has 0 saturated carbocycles. The summed E-state index contributed by atoms with van der Waals surface area (Å²) in [6.45, 7) is 4.44. The lowest BCUT2D eigenvalue weighted by Crippen LogP contribution is -2.64. The van der Waals surface area contributed by atoms with Gasteiger partial charge in [-0.3, -0.25) is 24.2 Å². The molecule has 2 aromatic carbocycles. The first-order valence-corrected chi connectivity index (χ1v) is 17.7. The summed E-state index contributed by atoms with van der Waals surface area (Å²) in [7, 11) is -3.84. The lowest BCUT2D eigenvalue weighted by molar-refractivity contribution is -0.176. The molecule has 2 fully saturated rings. The maximum atomic E-state index is 13.8. The second-order valence-electron chi connectivity index (χ2n) is 12.9. The molecule has 0 bridgehead atoms. The molecule has 16 heteroatoms. The number of hydrazine groups is 1. The Labute approximate surface area is 284 Å². The van der Waals surface area contributed by atoms with Gasteiger partial charge in [0.2, 0.25) is 21.8 Å². The zero-order valence-corrected chi connectivity index (χ0v) is 28.6. The molecule has 266 valence electrons. The first-order valence-electron chi connectivity index (χ1n) is 15.8. The van der Waals surface area contributed by atoms with E-state index in [1.54, 1.807) is 57.2 Å². The van der Waals surface area contributed by atoms with Crippen LogP contribution in [-0.2, 0) is 38.7 Å². The number of nitrogens with one attached hydrogen (secondary N) is 2. The van der Waals surface area contributed by atoms with Crippen molar-refractivity contribution in [3.05, 3.63) is 60.2 Å². The van der Waals surface area contributed by atoms with E-state index in [9.17, 15) is 37.5 Å². The van der Waals surface area contributed by atoms with Crippen LogP contribution in [-0.4, -0.2) is 102 Å². The number of carbonyl (C=O) groups excluding carboxylic acids is 5. The van der Waals surface area contributed by atoms with Crippen molar-refractivity contribution in [3.63, 3.8) is 0 Å². The van der Waals surface area contributed by atoms with Gasteiger partial charge in [-0.05, 0) is 70.4 Å². The number of hydrogen-bond acceptors (Lipinski definition) is 11. The third kappa shape index (κ3) is 10.7. The predicted molar refractivity (Wildman–Crippen MR) is 174 cm³/mol. The fourth-order valence-corrected chi connectivity index (χ4v) is 6.17. The number of benzene rings is 2. The summed E-state index contributed by atoms with van der Waals surface area (Å²) in [5.41, 5.74) is -0.766. The Hall–Kier alpha value is -4.54. The van der Waals surface area contributed by atoms with Crippen molar-refractivity contribution in [2.24, 2.45) is 0 Å². The smallest absolute Gasteiger partial charge is 0.338 e. The van der Waals surface area contributed by atoms with Gasteiger partial charge in [0.1, 0.15) is 41.9 Å². The second-order valence-corrected chi connectivity index (χ2v) is 14.6. The van der Waals surface area contributed by atoms with Crippen LogP contribution in [0.15, 0.2) is 54.6 Å². The number of esters is 2. The molecule has 2 aromatic rings. The molecule has 0 spiro atoms. The Morgan fingerprint density at radius 2 is 1.71 bits per heavy atom. The molecule has 2 saturated heterocycles. The van der Waals surface area contributed by atoms with Gasteiger partial charge < -0.3 is 24.6 Å². The first kappa shape index (κ1) is 37.3. The molecule has 0 aliphatic carbocycles. The lowest BCUT2D eigenvalue weighted by atomic mass is 10.0. The molecule has 2 aliphatic rings. The van der Waals surface area contributed by atoms with Gasteiger partial charge in [-0.1, -0.05) is 24.3 Å². The zero-order chi connectivity index (χ0) is 35.9. The molecule has 0 aromatic heterocycles. The minimum atomic E-state index is -3.84. The standard InChI is InChI=1S/C33H42N4O11S/c1-33(2,3)48-29(40)19-25(27(38)20-46-32(43)21-10-8-13-23(18-21)47-22-11-6-5-7-12-22)34-30(41)26-14-9-17-36-28(39)16-15-24(31(42)37(26)36)35-49(4,44)45/h5-8,10-13,18,24-27,35,38H,9,14-17,19-20H2,1-4H3,(H,34,41)/t24-,25-,26-,27?/m0/s1. The highest BCUT2D eigenvalue weighted by Crippen LogP contribution is 2.26. The van der Waals surface area contributed by atoms with Crippen molar-refractivity contribution >= 4 is 39.7 Å². The molecular formula is C33H42N4O11S. The Bertz CT molecular complexity index is 1650. The van der Waals surface area contributed by atoms with Gasteiger partial charge in [-0.2, -0.15) is 0 Å². The lowest BCUT2D eigenvalue weighted by Gasteiger charge is -2.43. The normalized spacial score (nSPS) is 19.6. The fourth-order valence-electron chi connectivity index (χ4n) is 5.44. The summed E-state index contributed by atoms with van der Waals surface area (Å²) in [6, 6.07) is 11.2. The molecule has 1 unspecified atom stereocenters. The van der Waals surface area contributed by atoms with Gasteiger partial charge in [0, 0.05) is 13.0 Å². The number of carbonyl (C=O) groups is 5. The third-order valence-corrected chi connectivity index (χ3v) is 8.27. The number of sulfonamides is 1. The van der Waals surface area contributed by atoms with Crippen molar-refractivity contribution in [2.75, 3.05) is 19.4 Å². The summed E-state index contributed by atoms with van der Waals surface area (Å²) >= 11 is 0. The molecule has 49 heavy (non-hydrogen) atoms. The summed E-state index contributed by atoms with van der Waals surface area (Å²) in [6.07, 6.45) is -1.01. The van der Waals surface area contributed by atoms with Crippen molar-refractivity contribution < 1.29 is 51.7 Å². The van der Waals surface area contributed by atoms with Gasteiger partial charge >= 0.3 is 11.9 Å². The number of para-hydroxylation sites is 1. The van der Waals surface area contributed by atoms with Crippen LogP contribution in [0.3, 0.4) is 0 Å². The molecule has 2 aliphatic heterocycles. The molecule has 2 heterocycles. The van der Waals surface area contributed by atoms with Crippen LogP contribution in [0.4, 0.5) is 0 Å². The van der Waals surface area contributed by atoms with Crippen LogP contribution >= 0.6 is 0 Å². The molecular weight excluding hydrogens is 660 g/mol. The van der Waals surface area contributed by atoms with Crippen LogP contribution < -0.4 is 14.8 Å². The third-order valence-electron chi connectivity index (χ3n) is 7.55. The number of aliphatic hydroxyl groups is 1. The van der Waals surface area contributed by atoms with E-state index in [-0.39, 0.29) is 31.4 Å². The number of aliphatic hydroxyl groups excluding tert-OH is 1. The monoisotopic (exact) mass is 702 g/mol. The van der Waals surface area contributed by atoms with E-state index in [2.05, 4.69) is 10.0 Å². The number of ether oxygens (including phenoxy) is 3. The van der Waals surface area contributed by atoms with E-state index in [1.165, 1.54) is 12.1 Å². The minimum Gasteiger partial charge on any atom is -0.460 e. The molecule has 4 atom stereocenters. The first-order chi connectivity index (χ1) is 23.0. The predicted octanol–water partition coefficient (Wildman–Crippen LogP) is 1.66. The van der Waals surface area contributed by atoms with E-state index in [1.807, 2.05) is 6.07 Å². The highest BCUT2D eigenvalue weighted by Gasteiger charge is 2.45. The van der Waals surface area contributed by atoms with Gasteiger partial charge in [-0.15, -0.1) is 0 Å². The number of fused-ring (bicyclic) bond motifs is 1. The Balaban J connectivity index is 1.50. The molecule has 4 rings (SSSR count). The van der Waals surface area contributed by atoms with Crippen LogP contribution in [0.5, 0.6) is 11.5 Å². The molecule has 3 N–H and O–H groups in total. The van der Waals surface area contributed by atoms with Gasteiger partial charge in [0.05, 0.1) is 24.3 Å². The van der Waals surface area contributed by atoms with Crippen LogP contribution in [0.25, 0.3) is 0 Å². The summed E-state index contributed by atoms with van der Waals surface area (Å²) < 4.78 is 42.7. The highest BCUT2D eigenvalue weighted by molar-refractivity contribution is 7.88. The van der Waals surface area contributed by atoms with Crippen molar-refractivity contribution in [1.29, 1.82) is 0 Å². The topological polar surface area (TPSA) is 198 Å². The van der Waals surface area contributed by atoms with E-state index in [0.717, 1.165) is 16.3 Å². The number of amides is 3. The maximum Gasteiger partial charge on any atom is 0.338 e. The summed E-state index contributed by atoms with van der Waals surface area (Å²) in [5, 5.41) is 15.8. The Morgan fingerprint density at radius 3 is 2.39 bits per heavy atom. The Kier molecular flexibility index (Phi) is 12.0. The van der Waals surface area contributed by atoms with E-state index in [4.69, 9.17) is 14.2 Å². The van der Waals surface area contributed by atoms with Crippen molar-refractivity contribution in [2.45, 2.75) is 82.7 Å². The van der Waals surface area contributed by atoms with E-state index < -0.39 is 82.5 Å².